The van der Waals surface area contributed by atoms with E-state index in [1.165, 1.54) is 0 Å². The van der Waals surface area contributed by atoms with Crippen molar-refractivity contribution in [1.29, 1.82) is 0 Å². The Hall–Kier alpha value is -3.28. The number of para-hydroxylation sites is 1. The molecule has 0 atom stereocenters. The molecule has 0 aliphatic heterocycles. The van der Waals surface area contributed by atoms with Crippen molar-refractivity contribution in [3.8, 4) is 17.2 Å². The van der Waals surface area contributed by atoms with E-state index in [1.807, 2.05) is 67.2 Å². The van der Waals surface area contributed by atoms with Gasteiger partial charge in [-0.3, -0.25) is 4.79 Å². The summed E-state index contributed by atoms with van der Waals surface area (Å²) >= 11 is 0. The van der Waals surface area contributed by atoms with E-state index in [9.17, 15) is 4.79 Å². The van der Waals surface area contributed by atoms with Crippen LogP contribution < -0.4 is 14.8 Å². The second-order valence-electron chi connectivity index (χ2n) is 6.20. The van der Waals surface area contributed by atoms with Gasteiger partial charge in [0, 0.05) is 24.4 Å². The van der Waals surface area contributed by atoms with Crippen LogP contribution in [0, 0.1) is 0 Å². The number of nitrogens with one attached hydrogen (secondary N) is 1. The molecule has 0 saturated heterocycles. The Bertz CT molecular complexity index is 906. The van der Waals surface area contributed by atoms with E-state index in [4.69, 9.17) is 9.47 Å². The zero-order valence-electron chi connectivity index (χ0n) is 16.2. The minimum absolute atomic E-state index is 0.0564. The van der Waals surface area contributed by atoms with Gasteiger partial charge in [-0.25, -0.2) is 4.68 Å². The lowest BCUT2D eigenvalue weighted by Crippen LogP contribution is -2.12. The predicted octanol–water partition coefficient (Wildman–Crippen LogP) is 4.24. The first-order valence-electron chi connectivity index (χ1n) is 9.48. The van der Waals surface area contributed by atoms with Crippen molar-refractivity contribution in [2.75, 3.05) is 18.5 Å². The molecule has 146 valence electrons. The molecular weight excluding hydrogens is 354 g/mol. The highest BCUT2D eigenvalue weighted by atomic mass is 16.5. The maximum atomic E-state index is 12.3. The van der Waals surface area contributed by atoms with Gasteiger partial charge in [0.25, 0.3) is 0 Å². The van der Waals surface area contributed by atoms with Crippen LogP contribution in [0.25, 0.3) is 5.69 Å². The lowest BCUT2D eigenvalue weighted by atomic mass is 10.2. The molecule has 0 spiro atoms. The number of hydrogen-bond acceptors (Lipinski definition) is 4. The van der Waals surface area contributed by atoms with E-state index in [2.05, 4.69) is 10.4 Å². The monoisotopic (exact) mass is 379 g/mol. The lowest BCUT2D eigenvalue weighted by molar-refractivity contribution is -0.116. The summed E-state index contributed by atoms with van der Waals surface area (Å²) in [5.74, 6) is 1.25. The number of ether oxygens (including phenoxy) is 2. The third-order valence-corrected chi connectivity index (χ3v) is 4.12. The summed E-state index contributed by atoms with van der Waals surface area (Å²) in [5.41, 5.74) is 2.70. The van der Waals surface area contributed by atoms with Gasteiger partial charge in [0.05, 0.1) is 25.1 Å². The van der Waals surface area contributed by atoms with Crippen LogP contribution in [0.5, 0.6) is 11.5 Å². The van der Waals surface area contributed by atoms with Crippen LogP contribution in [0.15, 0.2) is 60.9 Å². The molecule has 3 rings (SSSR count). The van der Waals surface area contributed by atoms with Crippen molar-refractivity contribution in [1.82, 2.24) is 9.78 Å². The van der Waals surface area contributed by atoms with Crippen LogP contribution in [-0.2, 0) is 11.2 Å². The highest BCUT2D eigenvalue weighted by Gasteiger charge is 2.09. The van der Waals surface area contributed by atoms with Gasteiger partial charge >= 0.3 is 0 Å². The summed E-state index contributed by atoms with van der Waals surface area (Å²) in [6.07, 6.45) is 4.74. The number of aromatic nitrogens is 2. The predicted molar refractivity (Wildman–Crippen MR) is 109 cm³/mol. The fourth-order valence-electron chi connectivity index (χ4n) is 2.82. The third-order valence-electron chi connectivity index (χ3n) is 4.12. The van der Waals surface area contributed by atoms with Crippen LogP contribution in [0.1, 0.15) is 25.8 Å². The fraction of sp³-hybridized carbons (Fsp3) is 0.273. The quantitative estimate of drug-likeness (QED) is 0.604. The summed E-state index contributed by atoms with van der Waals surface area (Å²) < 4.78 is 13.0. The zero-order valence-corrected chi connectivity index (χ0v) is 16.2. The Labute approximate surface area is 165 Å². The van der Waals surface area contributed by atoms with Crippen molar-refractivity contribution in [3.05, 3.63) is 66.5 Å². The molecule has 0 aliphatic carbocycles. The topological polar surface area (TPSA) is 65.4 Å². The molecule has 28 heavy (non-hydrogen) atoms. The van der Waals surface area contributed by atoms with Gasteiger partial charge in [0.2, 0.25) is 5.91 Å². The molecule has 0 radical (unpaired) electrons. The molecule has 1 N–H and O–H groups in total. The summed E-state index contributed by atoms with van der Waals surface area (Å²) in [4.78, 5) is 12.3. The second-order valence-corrected chi connectivity index (χ2v) is 6.20. The standard InChI is InChI=1S/C22H25N3O3/c1-3-27-20-12-11-18(14-21(20)28-4-2)24-22(26)13-10-17-15-23-25(16-17)19-8-6-5-7-9-19/h5-9,11-12,14-16H,3-4,10,13H2,1-2H3,(H,24,26). The lowest BCUT2D eigenvalue weighted by Gasteiger charge is -2.13. The highest BCUT2D eigenvalue weighted by Crippen LogP contribution is 2.30. The molecule has 3 aromatic rings. The van der Waals surface area contributed by atoms with E-state index in [1.54, 1.807) is 12.3 Å². The van der Waals surface area contributed by atoms with E-state index in [0.29, 0.717) is 43.2 Å². The van der Waals surface area contributed by atoms with Crippen molar-refractivity contribution in [2.45, 2.75) is 26.7 Å². The number of carbonyl (C=O) groups is 1. The van der Waals surface area contributed by atoms with Gasteiger partial charge < -0.3 is 14.8 Å². The number of rotatable bonds is 9. The summed E-state index contributed by atoms with van der Waals surface area (Å²) in [5, 5.41) is 7.28. The van der Waals surface area contributed by atoms with Crippen LogP contribution >= 0.6 is 0 Å². The van der Waals surface area contributed by atoms with Gasteiger partial charge in [0.1, 0.15) is 0 Å². The molecule has 1 heterocycles. The first-order valence-corrected chi connectivity index (χ1v) is 9.48. The molecule has 1 aromatic heterocycles. The molecule has 2 aromatic carbocycles. The van der Waals surface area contributed by atoms with Crippen LogP contribution in [0.4, 0.5) is 5.69 Å². The maximum Gasteiger partial charge on any atom is 0.224 e. The van der Waals surface area contributed by atoms with E-state index in [-0.39, 0.29) is 5.91 Å². The molecule has 0 fully saturated rings. The average Bonchev–Trinajstić information content (AvgIpc) is 3.19. The van der Waals surface area contributed by atoms with E-state index < -0.39 is 0 Å². The van der Waals surface area contributed by atoms with Gasteiger partial charge in [-0.15, -0.1) is 0 Å². The Balaban J connectivity index is 1.57. The number of carbonyl (C=O) groups excluding carboxylic acids is 1. The third kappa shape index (κ3) is 5.13. The minimum atomic E-state index is -0.0564. The fourth-order valence-corrected chi connectivity index (χ4v) is 2.82. The molecule has 6 heteroatoms. The molecule has 0 aliphatic rings. The van der Waals surface area contributed by atoms with Crippen LogP contribution in [0.2, 0.25) is 0 Å². The zero-order chi connectivity index (χ0) is 19.8. The summed E-state index contributed by atoms with van der Waals surface area (Å²) in [6, 6.07) is 15.3. The second kappa shape index (κ2) is 9.60. The smallest absolute Gasteiger partial charge is 0.224 e. The first-order chi connectivity index (χ1) is 13.7. The van der Waals surface area contributed by atoms with Crippen molar-refractivity contribution in [2.24, 2.45) is 0 Å². The van der Waals surface area contributed by atoms with Crippen molar-refractivity contribution >= 4 is 11.6 Å². The Morgan fingerprint density at radius 2 is 1.79 bits per heavy atom. The van der Waals surface area contributed by atoms with Crippen LogP contribution in [-0.4, -0.2) is 28.9 Å². The number of aryl methyl sites for hydroxylation is 1. The number of anilines is 1. The summed E-state index contributed by atoms with van der Waals surface area (Å²) in [6.45, 7) is 4.92. The number of nitrogens with zero attached hydrogens (tertiary/aromatic N) is 2. The van der Waals surface area contributed by atoms with Crippen molar-refractivity contribution < 1.29 is 14.3 Å². The number of hydrogen-bond donors (Lipinski definition) is 1. The van der Waals surface area contributed by atoms with Crippen molar-refractivity contribution in [3.63, 3.8) is 0 Å². The maximum absolute atomic E-state index is 12.3. The van der Waals surface area contributed by atoms with Crippen LogP contribution in [0.3, 0.4) is 0 Å². The SMILES string of the molecule is CCOc1ccc(NC(=O)CCc2cnn(-c3ccccc3)c2)cc1OCC. The van der Waals surface area contributed by atoms with Gasteiger partial charge in [0.15, 0.2) is 11.5 Å². The molecule has 1 amide bonds. The molecule has 0 bridgehead atoms. The van der Waals surface area contributed by atoms with Gasteiger partial charge in [-0.2, -0.15) is 5.10 Å². The Morgan fingerprint density at radius 3 is 2.54 bits per heavy atom. The Kier molecular flexibility index (Phi) is 6.68. The molecule has 0 saturated carbocycles. The highest BCUT2D eigenvalue weighted by molar-refractivity contribution is 5.91. The first kappa shape index (κ1) is 19.5. The number of benzene rings is 2. The number of amides is 1. The average molecular weight is 379 g/mol. The van der Waals surface area contributed by atoms with Gasteiger partial charge in [-0.05, 0) is 50.1 Å². The Morgan fingerprint density at radius 1 is 1.04 bits per heavy atom. The van der Waals surface area contributed by atoms with E-state index >= 15 is 0 Å². The molecular formula is C22H25N3O3. The summed E-state index contributed by atoms with van der Waals surface area (Å²) in [7, 11) is 0. The minimum Gasteiger partial charge on any atom is -0.490 e. The largest absolute Gasteiger partial charge is 0.490 e. The van der Waals surface area contributed by atoms with E-state index in [0.717, 1.165) is 11.3 Å². The van der Waals surface area contributed by atoms with Gasteiger partial charge in [-0.1, -0.05) is 18.2 Å². The molecule has 6 nitrogen and oxygen atoms in total. The molecule has 0 unspecified atom stereocenters. The normalized spacial score (nSPS) is 10.5.